The zero-order valence-electron chi connectivity index (χ0n) is 19.0. The molecule has 2 fully saturated rings. The molecule has 172 valence electrons. The van der Waals surface area contributed by atoms with Crippen LogP contribution in [0.3, 0.4) is 0 Å². The Balaban J connectivity index is 1.36. The summed E-state index contributed by atoms with van der Waals surface area (Å²) >= 11 is 0. The van der Waals surface area contributed by atoms with Gasteiger partial charge >= 0.3 is 0 Å². The zero-order valence-corrected chi connectivity index (χ0v) is 19.0. The van der Waals surface area contributed by atoms with Crippen LogP contribution in [0, 0.1) is 5.92 Å². The zero-order chi connectivity index (χ0) is 22.4. The van der Waals surface area contributed by atoms with Crippen molar-refractivity contribution in [1.82, 2.24) is 25.4 Å². The number of aromatic nitrogens is 5. The number of H-pyrrole nitrogens is 1. The van der Waals surface area contributed by atoms with Crippen LogP contribution in [-0.2, 0) is 4.79 Å². The van der Waals surface area contributed by atoms with Crippen LogP contribution in [0.15, 0.2) is 24.4 Å². The van der Waals surface area contributed by atoms with Crippen LogP contribution < -0.4 is 15.1 Å². The number of anilines is 4. The van der Waals surface area contributed by atoms with Gasteiger partial charge < -0.3 is 15.1 Å². The van der Waals surface area contributed by atoms with Crippen LogP contribution in [0.1, 0.15) is 57.8 Å². The molecule has 0 saturated heterocycles. The quantitative estimate of drug-likeness (QED) is 0.606. The van der Waals surface area contributed by atoms with Gasteiger partial charge in [-0.1, -0.05) is 38.5 Å². The minimum atomic E-state index is -0.136. The molecule has 0 radical (unpaired) electrons. The number of hydrogen-bond donors (Lipinski definition) is 2. The molecule has 3 aromatic rings. The van der Waals surface area contributed by atoms with Crippen LogP contribution >= 0.6 is 0 Å². The van der Waals surface area contributed by atoms with E-state index in [2.05, 4.69) is 30.6 Å². The van der Waals surface area contributed by atoms with Crippen LogP contribution in [0.4, 0.5) is 23.1 Å². The van der Waals surface area contributed by atoms with Gasteiger partial charge in [-0.2, -0.15) is 20.4 Å². The number of carbonyl (C=O) groups excluding carboxylic acids is 1. The summed E-state index contributed by atoms with van der Waals surface area (Å²) in [6.07, 6.45) is 12.4. The molecule has 2 aliphatic carbocycles. The Morgan fingerprint density at radius 1 is 1.06 bits per heavy atom. The highest BCUT2D eigenvalue weighted by atomic mass is 16.2. The summed E-state index contributed by atoms with van der Waals surface area (Å²) in [5, 5.41) is 14.2. The molecule has 2 saturated carbocycles. The van der Waals surface area contributed by atoms with E-state index in [9.17, 15) is 4.79 Å². The van der Waals surface area contributed by atoms with Crippen molar-refractivity contribution in [2.24, 2.45) is 5.92 Å². The average Bonchev–Trinajstić information content (AvgIpc) is 3.60. The molecule has 1 aromatic carbocycles. The molecular weight excluding hydrogens is 416 g/mol. The first kappa shape index (κ1) is 20.4. The molecule has 0 spiro atoms. The highest BCUT2D eigenvalue weighted by molar-refractivity contribution is 6.04. The van der Waals surface area contributed by atoms with Crippen molar-refractivity contribution < 1.29 is 4.79 Å². The Labute approximate surface area is 193 Å². The number of aromatic amines is 1. The molecule has 9 heteroatoms. The molecule has 3 aliphatic rings. The third-order valence-corrected chi connectivity index (χ3v) is 7.63. The predicted octanol–water partition coefficient (Wildman–Crippen LogP) is 4.17. The van der Waals surface area contributed by atoms with Gasteiger partial charge in [0.25, 0.3) is 0 Å². The fourth-order valence-electron chi connectivity index (χ4n) is 5.90. The number of benzene rings is 1. The minimum Gasteiger partial charge on any atom is -0.340 e. The SMILES string of the molecule is CN1C(=O)C(CC2CCCC2)N(C2CCCC2)c2nc(Nc3ccc4n[nH]nc4c3)ncc21. The third kappa shape index (κ3) is 3.69. The summed E-state index contributed by atoms with van der Waals surface area (Å²) in [6, 6.07) is 6.01. The van der Waals surface area contributed by atoms with Crippen LogP contribution in [0.2, 0.25) is 0 Å². The van der Waals surface area contributed by atoms with E-state index in [1.807, 2.05) is 25.2 Å². The first-order valence-electron chi connectivity index (χ1n) is 12.2. The molecule has 2 N–H and O–H groups in total. The molecule has 2 aromatic heterocycles. The van der Waals surface area contributed by atoms with Gasteiger partial charge in [0.05, 0.1) is 6.20 Å². The van der Waals surface area contributed by atoms with Crippen LogP contribution in [0.5, 0.6) is 0 Å². The molecule has 1 unspecified atom stereocenters. The van der Waals surface area contributed by atoms with Crippen molar-refractivity contribution >= 4 is 40.1 Å². The Kier molecular flexibility index (Phi) is 5.11. The predicted molar refractivity (Wildman–Crippen MR) is 128 cm³/mol. The summed E-state index contributed by atoms with van der Waals surface area (Å²) in [4.78, 5) is 27.2. The Morgan fingerprint density at radius 3 is 2.64 bits per heavy atom. The molecular formula is C24H30N8O. The van der Waals surface area contributed by atoms with Gasteiger partial charge in [0, 0.05) is 18.8 Å². The Hall–Kier alpha value is -3.23. The molecule has 33 heavy (non-hydrogen) atoms. The monoisotopic (exact) mass is 446 g/mol. The molecule has 1 aliphatic heterocycles. The standard InChI is InChI=1S/C24H30N8O/c1-31-21-14-25-24(26-16-10-11-18-19(13-16)29-30-28-18)27-22(21)32(17-8-4-5-9-17)20(23(31)33)12-15-6-2-3-7-15/h10-11,13-15,17,20H,2-9,12H2,1H3,(H,25,26,27)(H,28,29,30). The number of nitrogens with one attached hydrogen (secondary N) is 2. The number of carbonyl (C=O) groups is 1. The van der Waals surface area contributed by atoms with Crippen molar-refractivity contribution in [1.29, 1.82) is 0 Å². The Morgan fingerprint density at radius 2 is 1.82 bits per heavy atom. The summed E-state index contributed by atoms with van der Waals surface area (Å²) < 4.78 is 0. The second-order valence-corrected chi connectivity index (χ2v) is 9.70. The first-order valence-corrected chi connectivity index (χ1v) is 12.2. The topological polar surface area (TPSA) is 103 Å². The van der Waals surface area contributed by atoms with E-state index in [1.165, 1.54) is 38.5 Å². The fourth-order valence-corrected chi connectivity index (χ4v) is 5.90. The highest BCUT2D eigenvalue weighted by Crippen LogP contribution is 2.42. The number of amides is 1. The summed E-state index contributed by atoms with van der Waals surface area (Å²) in [7, 11) is 1.86. The van der Waals surface area contributed by atoms with E-state index in [-0.39, 0.29) is 11.9 Å². The number of hydrogen-bond acceptors (Lipinski definition) is 7. The molecule has 3 heterocycles. The van der Waals surface area contributed by atoms with Crippen LogP contribution in [0.25, 0.3) is 11.0 Å². The fraction of sp³-hybridized carbons (Fsp3) is 0.542. The summed E-state index contributed by atoms with van der Waals surface area (Å²) in [5.41, 5.74) is 3.25. The number of nitrogens with zero attached hydrogens (tertiary/aromatic N) is 6. The van der Waals surface area contributed by atoms with E-state index < -0.39 is 0 Å². The summed E-state index contributed by atoms with van der Waals surface area (Å²) in [6.45, 7) is 0. The van der Waals surface area contributed by atoms with Gasteiger partial charge in [-0.3, -0.25) is 4.79 Å². The maximum atomic E-state index is 13.5. The van der Waals surface area contributed by atoms with E-state index >= 15 is 0 Å². The molecule has 0 bridgehead atoms. The highest BCUT2D eigenvalue weighted by Gasteiger charge is 2.43. The second-order valence-electron chi connectivity index (χ2n) is 9.70. The van der Waals surface area contributed by atoms with Gasteiger partial charge in [0.2, 0.25) is 11.9 Å². The van der Waals surface area contributed by atoms with Crippen molar-refractivity contribution in [3.8, 4) is 0 Å². The first-order chi connectivity index (χ1) is 16.2. The van der Waals surface area contributed by atoms with E-state index in [4.69, 9.17) is 4.98 Å². The molecule has 6 rings (SSSR count). The molecule has 1 atom stereocenters. The van der Waals surface area contributed by atoms with E-state index in [1.54, 1.807) is 11.1 Å². The van der Waals surface area contributed by atoms with Crippen molar-refractivity contribution in [3.63, 3.8) is 0 Å². The van der Waals surface area contributed by atoms with Gasteiger partial charge in [0.1, 0.15) is 22.8 Å². The maximum Gasteiger partial charge on any atom is 0.249 e. The molecule has 9 nitrogen and oxygen atoms in total. The van der Waals surface area contributed by atoms with E-state index in [0.29, 0.717) is 17.9 Å². The third-order valence-electron chi connectivity index (χ3n) is 7.63. The second kappa shape index (κ2) is 8.28. The minimum absolute atomic E-state index is 0.136. The normalized spacial score (nSPS) is 21.8. The lowest BCUT2D eigenvalue weighted by atomic mass is 9.93. The largest absolute Gasteiger partial charge is 0.340 e. The Bertz CT molecular complexity index is 1160. The smallest absolute Gasteiger partial charge is 0.249 e. The van der Waals surface area contributed by atoms with Crippen molar-refractivity contribution in [2.45, 2.75) is 69.9 Å². The summed E-state index contributed by atoms with van der Waals surface area (Å²) in [5.74, 6) is 2.22. The maximum absolute atomic E-state index is 13.5. The van der Waals surface area contributed by atoms with E-state index in [0.717, 1.165) is 47.5 Å². The number of fused-ring (bicyclic) bond motifs is 2. The van der Waals surface area contributed by atoms with Crippen LogP contribution in [-0.4, -0.2) is 50.4 Å². The average molecular weight is 447 g/mol. The van der Waals surface area contributed by atoms with Crippen molar-refractivity contribution in [3.05, 3.63) is 24.4 Å². The van der Waals surface area contributed by atoms with Crippen molar-refractivity contribution in [2.75, 3.05) is 22.2 Å². The van der Waals surface area contributed by atoms with Gasteiger partial charge in [0.15, 0.2) is 5.82 Å². The van der Waals surface area contributed by atoms with Gasteiger partial charge in [-0.15, -0.1) is 0 Å². The number of rotatable bonds is 5. The number of likely N-dealkylation sites (N-methyl/N-ethyl adjacent to an activating group) is 1. The lowest BCUT2D eigenvalue weighted by Crippen LogP contribution is -2.56. The molecule has 1 amide bonds. The lowest BCUT2D eigenvalue weighted by Gasteiger charge is -2.44. The van der Waals surface area contributed by atoms with Gasteiger partial charge in [-0.25, -0.2) is 4.98 Å². The lowest BCUT2D eigenvalue weighted by molar-refractivity contribution is -0.120. The van der Waals surface area contributed by atoms with Gasteiger partial charge in [-0.05, 0) is 43.4 Å².